The number of carbonyl (C=O) groups excluding carboxylic acids is 1. The van der Waals surface area contributed by atoms with E-state index in [9.17, 15) is 10.1 Å². The first-order valence-corrected chi connectivity index (χ1v) is 6.00. The second-order valence-corrected chi connectivity index (χ2v) is 4.43. The molecule has 0 N–H and O–H groups in total. The maximum absolute atomic E-state index is 11.9. The lowest BCUT2D eigenvalue weighted by atomic mass is 9.80. The van der Waals surface area contributed by atoms with Crippen LogP contribution >= 0.6 is 0 Å². The topological polar surface area (TPSA) is 68.6 Å². The number of fused-ring (bicyclic) bond motifs is 1. The summed E-state index contributed by atoms with van der Waals surface area (Å²) in [6.07, 6.45) is -0.945. The number of methoxy groups -OCH3 is 1. The second-order valence-electron chi connectivity index (χ2n) is 4.43. The van der Waals surface area contributed by atoms with Gasteiger partial charge in [-0.3, -0.25) is 0 Å². The average Bonchev–Trinajstić information content (AvgIpc) is 2.72. The third-order valence-corrected chi connectivity index (χ3v) is 3.25. The van der Waals surface area contributed by atoms with E-state index < -0.39 is 17.5 Å². The molecule has 1 aliphatic rings. The molecule has 2 atom stereocenters. The van der Waals surface area contributed by atoms with Gasteiger partial charge in [0, 0.05) is 11.6 Å². The largest absolute Gasteiger partial charge is 0.497 e. The first-order valence-electron chi connectivity index (χ1n) is 6.00. The zero-order valence-electron chi connectivity index (χ0n) is 11.1. The molecule has 0 bridgehead atoms. The number of benzene rings is 1. The number of nitrogens with zero attached hydrogens (tertiary/aromatic N) is 1. The molecule has 2 unspecified atom stereocenters. The Bertz CT molecular complexity index is 549. The van der Waals surface area contributed by atoms with Gasteiger partial charge < -0.3 is 14.2 Å². The van der Waals surface area contributed by atoms with Gasteiger partial charge >= 0.3 is 5.97 Å². The molecule has 1 aromatic rings. The highest BCUT2D eigenvalue weighted by Crippen LogP contribution is 2.44. The van der Waals surface area contributed by atoms with E-state index in [4.69, 9.17) is 14.2 Å². The molecule has 1 aliphatic heterocycles. The lowest BCUT2D eigenvalue weighted by Crippen LogP contribution is -2.41. The summed E-state index contributed by atoms with van der Waals surface area (Å²) in [6.45, 7) is 3.64. The van der Waals surface area contributed by atoms with Crippen molar-refractivity contribution in [2.75, 3.05) is 13.7 Å². The molecule has 19 heavy (non-hydrogen) atoms. The lowest BCUT2D eigenvalue weighted by molar-refractivity contribution is -0.152. The van der Waals surface area contributed by atoms with Crippen LogP contribution < -0.4 is 9.47 Å². The quantitative estimate of drug-likeness (QED) is 0.776. The Morgan fingerprint density at radius 1 is 1.58 bits per heavy atom. The molecule has 0 saturated carbocycles. The number of carbonyl (C=O) groups is 1. The Labute approximate surface area is 111 Å². The fourth-order valence-corrected chi connectivity index (χ4v) is 2.16. The number of nitriles is 1. The molecule has 5 heteroatoms. The zero-order valence-corrected chi connectivity index (χ0v) is 11.1. The van der Waals surface area contributed by atoms with Crippen LogP contribution in [-0.4, -0.2) is 25.8 Å². The molecule has 100 valence electrons. The molecule has 0 spiro atoms. The molecular weight excluding hydrogens is 246 g/mol. The minimum absolute atomic E-state index is 0.250. The number of esters is 1. The minimum Gasteiger partial charge on any atom is -0.497 e. The Kier molecular flexibility index (Phi) is 3.34. The highest BCUT2D eigenvalue weighted by molar-refractivity contribution is 5.80. The van der Waals surface area contributed by atoms with Gasteiger partial charge in [-0.05, 0) is 26.0 Å². The predicted octanol–water partition coefficient (Wildman–Crippen LogP) is 1.80. The molecular formula is C14H15NO4. The van der Waals surface area contributed by atoms with E-state index in [1.54, 1.807) is 39.2 Å². The van der Waals surface area contributed by atoms with Crippen LogP contribution in [0.5, 0.6) is 11.5 Å². The number of hydrogen-bond donors (Lipinski definition) is 0. The molecule has 0 radical (unpaired) electrons. The summed E-state index contributed by atoms with van der Waals surface area (Å²) in [5, 5.41) is 9.42. The van der Waals surface area contributed by atoms with Crippen LogP contribution in [0.3, 0.4) is 0 Å². The molecule has 0 fully saturated rings. The molecule has 2 rings (SSSR count). The third-order valence-electron chi connectivity index (χ3n) is 3.25. The van der Waals surface area contributed by atoms with Gasteiger partial charge in [0.25, 0.3) is 0 Å². The molecule has 0 aliphatic carbocycles. The SMILES string of the molecule is CCOC(=O)C1Oc2cc(OC)ccc2C1(C)C#N. The summed E-state index contributed by atoms with van der Waals surface area (Å²) in [5.74, 6) is 0.576. The van der Waals surface area contributed by atoms with Gasteiger partial charge in [-0.15, -0.1) is 0 Å². The Morgan fingerprint density at radius 3 is 2.89 bits per heavy atom. The molecule has 1 aromatic carbocycles. The summed E-state index contributed by atoms with van der Waals surface area (Å²) in [7, 11) is 1.54. The molecule has 1 heterocycles. The van der Waals surface area contributed by atoms with Crippen molar-refractivity contribution in [2.24, 2.45) is 0 Å². The average molecular weight is 261 g/mol. The molecule has 0 amide bonds. The summed E-state index contributed by atoms with van der Waals surface area (Å²) in [6, 6.07) is 7.32. The zero-order chi connectivity index (χ0) is 14.0. The van der Waals surface area contributed by atoms with Gasteiger partial charge in [-0.2, -0.15) is 5.26 Å². The van der Waals surface area contributed by atoms with Gasteiger partial charge in [0.1, 0.15) is 16.9 Å². The number of ether oxygens (including phenoxy) is 3. The summed E-state index contributed by atoms with van der Waals surface area (Å²) in [4.78, 5) is 11.9. The van der Waals surface area contributed by atoms with Crippen molar-refractivity contribution in [3.05, 3.63) is 23.8 Å². The fraction of sp³-hybridized carbons (Fsp3) is 0.429. The van der Waals surface area contributed by atoms with Crippen molar-refractivity contribution in [1.29, 1.82) is 5.26 Å². The molecule has 0 aromatic heterocycles. The summed E-state index contributed by atoms with van der Waals surface area (Å²) < 4.78 is 15.7. The van der Waals surface area contributed by atoms with Crippen molar-refractivity contribution >= 4 is 5.97 Å². The van der Waals surface area contributed by atoms with Gasteiger partial charge in [-0.25, -0.2) is 4.79 Å². The van der Waals surface area contributed by atoms with Gasteiger partial charge in [-0.1, -0.05) is 0 Å². The first-order chi connectivity index (χ1) is 9.06. The second kappa shape index (κ2) is 4.81. The van der Waals surface area contributed by atoms with Crippen molar-refractivity contribution in [3.8, 4) is 17.6 Å². The maximum atomic E-state index is 11.9. The van der Waals surface area contributed by atoms with Crippen LogP contribution in [0.15, 0.2) is 18.2 Å². The molecule has 5 nitrogen and oxygen atoms in total. The van der Waals surface area contributed by atoms with Crippen LogP contribution in [-0.2, 0) is 14.9 Å². The Balaban J connectivity index is 2.43. The van der Waals surface area contributed by atoms with Crippen LogP contribution in [0, 0.1) is 11.3 Å². The normalized spacial score (nSPS) is 24.0. The Hall–Kier alpha value is -2.22. The van der Waals surface area contributed by atoms with Crippen molar-refractivity contribution in [3.63, 3.8) is 0 Å². The van der Waals surface area contributed by atoms with Crippen LogP contribution in [0.25, 0.3) is 0 Å². The fourth-order valence-electron chi connectivity index (χ4n) is 2.16. The summed E-state index contributed by atoms with van der Waals surface area (Å²) >= 11 is 0. The van der Waals surface area contributed by atoms with E-state index in [1.165, 1.54) is 0 Å². The van der Waals surface area contributed by atoms with Gasteiger partial charge in [0.15, 0.2) is 0 Å². The van der Waals surface area contributed by atoms with Crippen LogP contribution in [0.2, 0.25) is 0 Å². The van der Waals surface area contributed by atoms with Gasteiger partial charge in [0.2, 0.25) is 6.10 Å². The smallest absolute Gasteiger partial charge is 0.349 e. The minimum atomic E-state index is -1.05. The molecule has 0 saturated heterocycles. The van der Waals surface area contributed by atoms with E-state index in [0.29, 0.717) is 17.1 Å². The van der Waals surface area contributed by atoms with Crippen molar-refractivity contribution in [2.45, 2.75) is 25.4 Å². The first kappa shape index (κ1) is 13.2. The highest BCUT2D eigenvalue weighted by Gasteiger charge is 2.51. The predicted molar refractivity (Wildman–Crippen MR) is 67.0 cm³/mol. The van der Waals surface area contributed by atoms with E-state index in [0.717, 1.165) is 0 Å². The summed E-state index contributed by atoms with van der Waals surface area (Å²) in [5.41, 5.74) is -0.373. The highest BCUT2D eigenvalue weighted by atomic mass is 16.6. The van der Waals surface area contributed by atoms with Crippen molar-refractivity contribution < 1.29 is 19.0 Å². The van der Waals surface area contributed by atoms with Gasteiger partial charge in [0.05, 0.1) is 19.8 Å². The van der Waals surface area contributed by atoms with E-state index in [2.05, 4.69) is 6.07 Å². The lowest BCUT2D eigenvalue weighted by Gasteiger charge is -2.20. The maximum Gasteiger partial charge on any atom is 0.349 e. The Morgan fingerprint density at radius 2 is 2.32 bits per heavy atom. The third kappa shape index (κ3) is 1.99. The standard InChI is InChI=1S/C14H15NO4/c1-4-18-13(16)12-14(2,8-15)10-6-5-9(17-3)7-11(10)19-12/h5-7,12H,4H2,1-3H3. The van der Waals surface area contributed by atoms with Crippen LogP contribution in [0.1, 0.15) is 19.4 Å². The van der Waals surface area contributed by atoms with E-state index >= 15 is 0 Å². The van der Waals surface area contributed by atoms with E-state index in [1.807, 2.05) is 0 Å². The number of hydrogen-bond acceptors (Lipinski definition) is 5. The van der Waals surface area contributed by atoms with E-state index in [-0.39, 0.29) is 6.61 Å². The van der Waals surface area contributed by atoms with Crippen LogP contribution in [0.4, 0.5) is 0 Å². The van der Waals surface area contributed by atoms with Crippen molar-refractivity contribution in [1.82, 2.24) is 0 Å². The number of rotatable bonds is 3. The monoisotopic (exact) mass is 261 g/mol.